The zero-order chi connectivity index (χ0) is 20.8. The molecule has 0 bridgehead atoms. The number of benzene rings is 1. The Morgan fingerprint density at radius 3 is 2.50 bits per heavy atom. The predicted octanol–water partition coefficient (Wildman–Crippen LogP) is 3.71. The SMILES string of the molecule is Cc1nn(-c2cccc(O)c2)c(C2CC2)c1C(=O)N1CCC(N2CC[C@@H](C)C2)CC1. The molecule has 1 saturated carbocycles. The van der Waals surface area contributed by atoms with Gasteiger partial charge in [-0.15, -0.1) is 0 Å². The van der Waals surface area contributed by atoms with Crippen molar-refractivity contribution in [1.82, 2.24) is 19.6 Å². The number of nitrogens with zero attached hydrogens (tertiary/aromatic N) is 4. The number of aromatic nitrogens is 2. The normalized spacial score (nSPS) is 23.3. The molecular weight excluding hydrogens is 376 g/mol. The Morgan fingerprint density at radius 1 is 1.10 bits per heavy atom. The molecule has 1 aromatic carbocycles. The fraction of sp³-hybridized carbons (Fsp3) is 0.583. The fourth-order valence-corrected chi connectivity index (χ4v) is 5.26. The Kier molecular flexibility index (Phi) is 5.05. The molecule has 1 amide bonds. The van der Waals surface area contributed by atoms with Crippen molar-refractivity contribution in [2.24, 2.45) is 5.92 Å². The van der Waals surface area contributed by atoms with Gasteiger partial charge in [-0.3, -0.25) is 9.69 Å². The summed E-state index contributed by atoms with van der Waals surface area (Å²) in [5.41, 5.74) is 3.43. The Balaban J connectivity index is 1.37. The van der Waals surface area contributed by atoms with E-state index in [-0.39, 0.29) is 11.7 Å². The van der Waals surface area contributed by atoms with Crippen molar-refractivity contribution in [2.45, 2.75) is 57.9 Å². The van der Waals surface area contributed by atoms with Gasteiger partial charge in [0, 0.05) is 37.7 Å². The molecule has 1 aromatic heterocycles. The van der Waals surface area contributed by atoms with Crippen molar-refractivity contribution in [1.29, 1.82) is 0 Å². The summed E-state index contributed by atoms with van der Waals surface area (Å²) in [7, 11) is 0. The molecule has 2 aromatic rings. The smallest absolute Gasteiger partial charge is 0.257 e. The second kappa shape index (κ2) is 7.73. The number of piperidine rings is 1. The minimum atomic E-state index is 0.133. The highest BCUT2D eigenvalue weighted by molar-refractivity contribution is 5.97. The summed E-state index contributed by atoms with van der Waals surface area (Å²) < 4.78 is 1.89. The van der Waals surface area contributed by atoms with Crippen LogP contribution in [0.2, 0.25) is 0 Å². The van der Waals surface area contributed by atoms with E-state index < -0.39 is 0 Å². The lowest BCUT2D eigenvalue weighted by Crippen LogP contribution is -2.46. The Hall–Kier alpha value is -2.34. The minimum Gasteiger partial charge on any atom is -0.508 e. The van der Waals surface area contributed by atoms with Crippen molar-refractivity contribution in [3.8, 4) is 11.4 Å². The topological polar surface area (TPSA) is 61.6 Å². The number of hydrogen-bond donors (Lipinski definition) is 1. The number of carbonyl (C=O) groups is 1. The van der Waals surface area contributed by atoms with Crippen molar-refractivity contribution < 1.29 is 9.90 Å². The van der Waals surface area contributed by atoms with Crippen molar-refractivity contribution in [2.75, 3.05) is 26.2 Å². The number of carbonyl (C=O) groups excluding carboxylic acids is 1. The first-order valence-corrected chi connectivity index (χ1v) is 11.4. The zero-order valence-corrected chi connectivity index (χ0v) is 18.0. The molecule has 30 heavy (non-hydrogen) atoms. The molecule has 6 nitrogen and oxygen atoms in total. The standard InChI is InChI=1S/C24H32N4O2/c1-16-8-11-27(15-16)19-9-12-26(13-10-19)24(30)22-17(2)25-28(23(22)18-6-7-18)20-4-3-5-21(29)14-20/h3-5,14,16,18-19,29H,6-13,15H2,1-2H3/t16-/m1/s1. The monoisotopic (exact) mass is 408 g/mol. The van der Waals surface area contributed by atoms with Crippen LogP contribution in [0.5, 0.6) is 5.75 Å². The van der Waals surface area contributed by atoms with E-state index in [1.807, 2.05) is 28.6 Å². The number of phenolic OH excluding ortho intramolecular Hbond substituents is 1. The lowest BCUT2D eigenvalue weighted by molar-refractivity contribution is 0.0639. The number of phenols is 1. The van der Waals surface area contributed by atoms with Crippen LogP contribution in [-0.4, -0.2) is 62.8 Å². The van der Waals surface area contributed by atoms with Gasteiger partial charge in [0.25, 0.3) is 5.91 Å². The van der Waals surface area contributed by atoms with E-state index in [2.05, 4.69) is 11.8 Å². The van der Waals surface area contributed by atoms with Crippen LogP contribution >= 0.6 is 0 Å². The Morgan fingerprint density at radius 2 is 1.87 bits per heavy atom. The quantitative estimate of drug-likeness (QED) is 0.838. The number of amides is 1. The van der Waals surface area contributed by atoms with E-state index in [4.69, 9.17) is 5.10 Å². The van der Waals surface area contributed by atoms with Crippen molar-refractivity contribution in [3.63, 3.8) is 0 Å². The third kappa shape index (κ3) is 3.62. The molecule has 3 aliphatic rings. The summed E-state index contributed by atoms with van der Waals surface area (Å²) in [4.78, 5) is 18.2. The van der Waals surface area contributed by atoms with Gasteiger partial charge in [-0.25, -0.2) is 4.68 Å². The molecule has 5 rings (SSSR count). The predicted molar refractivity (Wildman–Crippen MR) is 116 cm³/mol. The van der Waals surface area contributed by atoms with Crippen LogP contribution in [0.25, 0.3) is 5.69 Å². The number of likely N-dealkylation sites (tertiary alicyclic amines) is 2. The van der Waals surface area contributed by atoms with E-state index in [0.717, 1.165) is 67.3 Å². The maximum Gasteiger partial charge on any atom is 0.257 e. The van der Waals surface area contributed by atoms with Crippen LogP contribution in [0.3, 0.4) is 0 Å². The van der Waals surface area contributed by atoms with Crippen LogP contribution in [0.15, 0.2) is 24.3 Å². The van der Waals surface area contributed by atoms with E-state index in [9.17, 15) is 9.90 Å². The maximum absolute atomic E-state index is 13.6. The average Bonchev–Trinajstić information content (AvgIpc) is 3.40. The molecule has 160 valence electrons. The third-order valence-electron chi connectivity index (χ3n) is 7.07. The highest BCUT2D eigenvalue weighted by Crippen LogP contribution is 2.44. The lowest BCUT2D eigenvalue weighted by Gasteiger charge is -2.37. The molecule has 1 N–H and O–H groups in total. The molecule has 2 saturated heterocycles. The van der Waals surface area contributed by atoms with Gasteiger partial charge in [0.15, 0.2) is 0 Å². The summed E-state index contributed by atoms with van der Waals surface area (Å²) in [5, 5.41) is 14.7. The second-order valence-electron chi connectivity index (χ2n) is 9.46. The number of rotatable bonds is 4. The molecule has 6 heteroatoms. The second-order valence-corrected chi connectivity index (χ2v) is 9.46. The number of hydrogen-bond acceptors (Lipinski definition) is 4. The van der Waals surface area contributed by atoms with Crippen molar-refractivity contribution in [3.05, 3.63) is 41.2 Å². The van der Waals surface area contributed by atoms with Crippen LogP contribution in [0, 0.1) is 12.8 Å². The first-order valence-electron chi connectivity index (χ1n) is 11.4. The summed E-state index contributed by atoms with van der Waals surface area (Å²) in [6.45, 7) is 8.36. The average molecular weight is 409 g/mol. The summed E-state index contributed by atoms with van der Waals surface area (Å²) in [5.74, 6) is 1.54. The molecule has 2 aliphatic heterocycles. The van der Waals surface area contributed by atoms with Gasteiger partial charge in [0.2, 0.25) is 0 Å². The van der Waals surface area contributed by atoms with E-state index in [1.165, 1.54) is 19.5 Å². The molecule has 3 fully saturated rings. The molecule has 1 aliphatic carbocycles. The molecule has 0 radical (unpaired) electrons. The van der Waals surface area contributed by atoms with E-state index in [0.29, 0.717) is 12.0 Å². The van der Waals surface area contributed by atoms with Crippen molar-refractivity contribution >= 4 is 5.91 Å². The third-order valence-corrected chi connectivity index (χ3v) is 7.07. The van der Waals surface area contributed by atoms with Gasteiger partial charge in [-0.1, -0.05) is 13.0 Å². The highest BCUT2D eigenvalue weighted by Gasteiger charge is 2.37. The molecule has 3 heterocycles. The zero-order valence-electron chi connectivity index (χ0n) is 18.0. The summed E-state index contributed by atoms with van der Waals surface area (Å²) in [6, 6.07) is 7.76. The van der Waals surface area contributed by atoms with Gasteiger partial charge in [-0.2, -0.15) is 5.10 Å². The highest BCUT2D eigenvalue weighted by atomic mass is 16.3. The van der Waals surface area contributed by atoms with Crippen LogP contribution < -0.4 is 0 Å². The molecule has 1 atom stereocenters. The molecule has 0 unspecified atom stereocenters. The molecular formula is C24H32N4O2. The lowest BCUT2D eigenvalue weighted by atomic mass is 10.0. The van der Waals surface area contributed by atoms with E-state index >= 15 is 0 Å². The van der Waals surface area contributed by atoms with Crippen LogP contribution in [0.4, 0.5) is 0 Å². The van der Waals surface area contributed by atoms with Gasteiger partial charge < -0.3 is 10.0 Å². The first kappa shape index (κ1) is 19.6. The maximum atomic E-state index is 13.6. The van der Waals surface area contributed by atoms with Crippen LogP contribution in [-0.2, 0) is 0 Å². The van der Waals surface area contributed by atoms with Gasteiger partial charge in [-0.05, 0) is 63.6 Å². The number of aryl methyl sites for hydroxylation is 1. The summed E-state index contributed by atoms with van der Waals surface area (Å²) >= 11 is 0. The minimum absolute atomic E-state index is 0.133. The largest absolute Gasteiger partial charge is 0.508 e. The fourth-order valence-electron chi connectivity index (χ4n) is 5.26. The van der Waals surface area contributed by atoms with Gasteiger partial charge >= 0.3 is 0 Å². The van der Waals surface area contributed by atoms with Gasteiger partial charge in [0.1, 0.15) is 5.75 Å². The first-order chi connectivity index (χ1) is 14.5. The van der Waals surface area contributed by atoms with Crippen LogP contribution in [0.1, 0.15) is 66.7 Å². The molecule has 0 spiro atoms. The van der Waals surface area contributed by atoms with Gasteiger partial charge in [0.05, 0.1) is 22.6 Å². The Labute approximate surface area is 178 Å². The Bertz CT molecular complexity index is 941. The number of aromatic hydroxyl groups is 1. The summed E-state index contributed by atoms with van der Waals surface area (Å²) in [6.07, 6.45) is 5.63. The van der Waals surface area contributed by atoms with E-state index in [1.54, 1.807) is 12.1 Å².